The number of hydrogen-bond donors (Lipinski definition) is 2. The Hall–Kier alpha value is -3.87. The van der Waals surface area contributed by atoms with Crippen LogP contribution < -0.4 is 5.32 Å². The van der Waals surface area contributed by atoms with Gasteiger partial charge in [0.15, 0.2) is 0 Å². The fourth-order valence-electron chi connectivity index (χ4n) is 6.27. The second-order valence-corrected chi connectivity index (χ2v) is 20.8. The number of carboxylic acids is 1. The van der Waals surface area contributed by atoms with Crippen LogP contribution in [0.2, 0.25) is 0 Å². The van der Waals surface area contributed by atoms with Gasteiger partial charge >= 0.3 is 35.8 Å². The van der Waals surface area contributed by atoms with Crippen molar-refractivity contribution in [1.29, 1.82) is 0 Å². The van der Waals surface area contributed by atoms with Gasteiger partial charge in [0.2, 0.25) is 5.91 Å². The second-order valence-electron chi connectivity index (χ2n) is 20.8. The van der Waals surface area contributed by atoms with Gasteiger partial charge in [-0.05, 0) is 117 Å². The Morgan fingerprint density at radius 3 is 1.11 bits per heavy atom. The van der Waals surface area contributed by atoms with Crippen molar-refractivity contribution in [1.82, 2.24) is 24.9 Å². The summed E-state index contributed by atoms with van der Waals surface area (Å²) in [6, 6.07) is -2.39. The Bertz CT molecular complexity index is 1460. The first-order chi connectivity index (χ1) is 28.1. The summed E-state index contributed by atoms with van der Waals surface area (Å²) in [7, 11) is 0. The van der Waals surface area contributed by atoms with E-state index in [0.29, 0.717) is 26.2 Å². The predicted octanol–water partition coefficient (Wildman–Crippen LogP) is 3.41. The van der Waals surface area contributed by atoms with Crippen LogP contribution in [-0.4, -0.2) is 179 Å². The highest BCUT2D eigenvalue weighted by atomic mass is 16.6. The average molecular weight is 886 g/mol. The zero-order valence-corrected chi connectivity index (χ0v) is 40.4. The van der Waals surface area contributed by atoms with E-state index in [0.717, 1.165) is 0 Å². The van der Waals surface area contributed by atoms with E-state index in [1.165, 1.54) is 0 Å². The van der Waals surface area contributed by atoms with Crippen LogP contribution in [0.1, 0.15) is 130 Å². The summed E-state index contributed by atoms with van der Waals surface area (Å²) >= 11 is 0. The van der Waals surface area contributed by atoms with Crippen LogP contribution in [0.5, 0.6) is 0 Å². The topological polar surface area (TPSA) is 211 Å². The van der Waals surface area contributed by atoms with Gasteiger partial charge in [-0.1, -0.05) is 0 Å². The standard InChI is InChI=1S/C44H79N5O13/c1-40(2,3)58-34(51)19-16-31(38(55)56)45-33(50)18-17-32(39(57)62-44(13,14)15)49-26-24-47(29-36(53)60-42(7,8)9)22-20-46(28-35(52)59-41(4,5)6)21-23-48(25-27-49)30-37(54)61-43(10,11)12/h31-32H,16-30H2,1-15H3,(H,45,50)(H,55,56)/t31-,32+/m0/s1. The molecule has 0 bridgehead atoms. The largest absolute Gasteiger partial charge is 0.480 e. The molecule has 62 heavy (non-hydrogen) atoms. The maximum atomic E-state index is 14.1. The number of hydrogen-bond acceptors (Lipinski definition) is 16. The number of amides is 1. The van der Waals surface area contributed by atoms with Gasteiger partial charge in [0.1, 0.15) is 40.1 Å². The lowest BCUT2D eigenvalue weighted by Gasteiger charge is -2.37. The van der Waals surface area contributed by atoms with E-state index in [9.17, 15) is 38.7 Å². The maximum Gasteiger partial charge on any atom is 0.326 e. The lowest BCUT2D eigenvalue weighted by Crippen LogP contribution is -2.53. The van der Waals surface area contributed by atoms with E-state index in [1.807, 2.05) is 19.6 Å². The SMILES string of the molecule is CC(C)(C)OC(=O)CC[C@H](NC(=O)CC[C@H](C(=O)OC(C)(C)C)N1CCN(CC(=O)OC(C)(C)C)CCN(CC(=O)OC(C)(C)C)CCN(CC(=O)OC(C)(C)C)CC1)C(=O)O. The van der Waals surface area contributed by atoms with Crippen LogP contribution in [0, 0.1) is 0 Å². The third-order valence-electron chi connectivity index (χ3n) is 8.64. The molecule has 0 aliphatic carbocycles. The van der Waals surface area contributed by atoms with Gasteiger partial charge in [-0.25, -0.2) is 4.79 Å². The van der Waals surface area contributed by atoms with E-state index in [1.54, 1.807) is 104 Å². The summed E-state index contributed by atoms with van der Waals surface area (Å²) in [6.45, 7) is 28.3. The number of esters is 5. The Morgan fingerprint density at radius 2 is 0.790 bits per heavy atom. The zero-order valence-electron chi connectivity index (χ0n) is 40.4. The normalized spacial score (nSPS) is 17.3. The molecule has 1 amide bonds. The molecule has 0 spiro atoms. The molecule has 0 aromatic carbocycles. The lowest BCUT2D eigenvalue weighted by molar-refractivity contribution is -0.163. The van der Waals surface area contributed by atoms with Crippen molar-refractivity contribution in [2.75, 3.05) is 72.0 Å². The highest BCUT2D eigenvalue weighted by molar-refractivity contribution is 5.85. The van der Waals surface area contributed by atoms with Crippen LogP contribution in [0.4, 0.5) is 0 Å². The van der Waals surface area contributed by atoms with Gasteiger partial charge in [-0.15, -0.1) is 0 Å². The molecule has 0 radical (unpaired) electrons. The first-order valence-electron chi connectivity index (χ1n) is 21.6. The number of nitrogens with zero attached hydrogens (tertiary/aromatic N) is 4. The van der Waals surface area contributed by atoms with Crippen molar-refractivity contribution in [2.24, 2.45) is 0 Å². The van der Waals surface area contributed by atoms with Crippen molar-refractivity contribution >= 4 is 41.7 Å². The molecule has 18 nitrogen and oxygen atoms in total. The summed E-state index contributed by atoms with van der Waals surface area (Å²) in [5, 5.41) is 12.4. The van der Waals surface area contributed by atoms with Crippen LogP contribution >= 0.6 is 0 Å². The maximum absolute atomic E-state index is 14.1. The molecular formula is C44H79N5O13. The highest BCUT2D eigenvalue weighted by Gasteiger charge is 2.34. The van der Waals surface area contributed by atoms with Crippen molar-refractivity contribution in [2.45, 2.75) is 170 Å². The summed E-state index contributed by atoms with van der Waals surface area (Å²) in [5.74, 6) is -4.53. The minimum absolute atomic E-state index is 0.0313. The molecule has 2 atom stereocenters. The third-order valence-corrected chi connectivity index (χ3v) is 8.64. The highest BCUT2D eigenvalue weighted by Crippen LogP contribution is 2.18. The number of carboxylic acid groups (broad SMARTS) is 1. The van der Waals surface area contributed by atoms with Gasteiger partial charge < -0.3 is 34.1 Å². The molecule has 0 saturated carbocycles. The number of carbonyl (C=O) groups is 7. The molecule has 1 aliphatic heterocycles. The summed E-state index contributed by atoms with van der Waals surface area (Å²) in [6.07, 6.45) is -0.768. The van der Waals surface area contributed by atoms with E-state index in [-0.39, 0.29) is 71.5 Å². The summed E-state index contributed by atoms with van der Waals surface area (Å²) < 4.78 is 28.1. The molecule has 0 unspecified atom stereocenters. The molecule has 1 saturated heterocycles. The predicted molar refractivity (Wildman–Crippen MR) is 232 cm³/mol. The van der Waals surface area contributed by atoms with Gasteiger partial charge in [0.25, 0.3) is 0 Å². The number of nitrogens with one attached hydrogen (secondary N) is 1. The zero-order chi connectivity index (χ0) is 47.9. The van der Waals surface area contributed by atoms with Crippen molar-refractivity contribution < 1.29 is 62.4 Å². The number of carbonyl (C=O) groups excluding carboxylic acids is 6. The van der Waals surface area contributed by atoms with Gasteiger partial charge in [-0.2, -0.15) is 0 Å². The molecule has 1 fully saturated rings. The minimum Gasteiger partial charge on any atom is -0.480 e. The fourth-order valence-corrected chi connectivity index (χ4v) is 6.27. The molecular weight excluding hydrogens is 807 g/mol. The third kappa shape index (κ3) is 27.2. The Kier molecular flexibility index (Phi) is 22.0. The van der Waals surface area contributed by atoms with Gasteiger partial charge in [-0.3, -0.25) is 48.4 Å². The summed E-state index contributed by atoms with van der Waals surface area (Å²) in [5.41, 5.74) is -3.85. The molecule has 0 aromatic rings. The second kappa shape index (κ2) is 24.3. The van der Waals surface area contributed by atoms with Gasteiger partial charge in [0, 0.05) is 65.2 Å². The molecule has 1 heterocycles. The molecule has 2 N–H and O–H groups in total. The number of rotatable bonds is 16. The Balaban J connectivity index is 3.59. The summed E-state index contributed by atoms with van der Waals surface area (Å²) in [4.78, 5) is 98.9. The van der Waals surface area contributed by atoms with Gasteiger partial charge in [0.05, 0.1) is 19.6 Å². The molecule has 18 heteroatoms. The molecule has 0 aromatic heterocycles. The lowest BCUT2D eigenvalue weighted by atomic mass is 10.1. The van der Waals surface area contributed by atoms with Crippen molar-refractivity contribution in [3.63, 3.8) is 0 Å². The van der Waals surface area contributed by atoms with E-state index in [2.05, 4.69) is 5.32 Å². The van der Waals surface area contributed by atoms with E-state index < -0.39 is 81.8 Å². The minimum atomic E-state index is -1.38. The van der Waals surface area contributed by atoms with E-state index in [4.69, 9.17) is 23.7 Å². The van der Waals surface area contributed by atoms with Crippen LogP contribution in [-0.2, 0) is 57.2 Å². The van der Waals surface area contributed by atoms with Crippen LogP contribution in [0.25, 0.3) is 0 Å². The first-order valence-corrected chi connectivity index (χ1v) is 21.6. The molecule has 358 valence electrons. The molecule has 1 aliphatic rings. The van der Waals surface area contributed by atoms with Crippen molar-refractivity contribution in [3.8, 4) is 0 Å². The average Bonchev–Trinajstić information content (AvgIpc) is 3.03. The quantitative estimate of drug-likeness (QED) is 0.168. The molecule has 1 rings (SSSR count). The smallest absolute Gasteiger partial charge is 0.326 e. The number of aliphatic carboxylic acids is 1. The first kappa shape index (κ1) is 56.1. The fraction of sp³-hybridized carbons (Fsp3) is 0.841. The van der Waals surface area contributed by atoms with Crippen molar-refractivity contribution in [3.05, 3.63) is 0 Å². The van der Waals surface area contributed by atoms with Crippen LogP contribution in [0.3, 0.4) is 0 Å². The Labute approximate surface area is 370 Å². The monoisotopic (exact) mass is 886 g/mol. The van der Waals surface area contributed by atoms with E-state index >= 15 is 0 Å². The van der Waals surface area contributed by atoms with Crippen LogP contribution in [0.15, 0.2) is 0 Å². The number of ether oxygens (including phenoxy) is 5. The Morgan fingerprint density at radius 1 is 0.468 bits per heavy atom.